The minimum absolute atomic E-state index is 0.156. The predicted molar refractivity (Wildman–Crippen MR) is 30.8 cm³/mol. The van der Waals surface area contributed by atoms with E-state index >= 15 is 0 Å². The molecule has 1 saturated heterocycles. The van der Waals surface area contributed by atoms with Crippen molar-refractivity contribution in [3.63, 3.8) is 0 Å². The molecule has 0 aromatic rings. The van der Waals surface area contributed by atoms with Gasteiger partial charge in [0.05, 0.1) is 6.42 Å². The number of carbonyl (C=O) groups excluding carboxylic acids is 1. The molecule has 1 rings (SSSR count). The summed E-state index contributed by atoms with van der Waals surface area (Å²) < 4.78 is 4.57. The molecule has 1 aliphatic rings. The fraction of sp³-hybridized carbons (Fsp3) is 0.833. The molecule has 1 N–H and O–H groups in total. The maximum atomic E-state index is 10.4. The molecule has 9 heavy (non-hydrogen) atoms. The van der Waals surface area contributed by atoms with Crippen LogP contribution in [-0.2, 0) is 9.53 Å². The van der Waals surface area contributed by atoms with Crippen molar-refractivity contribution < 1.29 is 14.6 Å². The van der Waals surface area contributed by atoms with E-state index in [-0.39, 0.29) is 19.0 Å². The Balaban J connectivity index is 2.54. The molecule has 0 spiro atoms. The van der Waals surface area contributed by atoms with E-state index in [2.05, 4.69) is 4.74 Å². The minimum atomic E-state index is -0.864. The van der Waals surface area contributed by atoms with E-state index in [9.17, 15) is 9.90 Å². The van der Waals surface area contributed by atoms with Crippen molar-refractivity contribution in [2.24, 2.45) is 0 Å². The lowest BCUT2D eigenvalue weighted by molar-refractivity contribution is -0.137. The highest BCUT2D eigenvalue weighted by atomic mass is 16.6. The van der Waals surface area contributed by atoms with Crippen LogP contribution < -0.4 is 0 Å². The van der Waals surface area contributed by atoms with E-state index in [4.69, 9.17) is 0 Å². The number of cyclic esters (lactones) is 1. The molecule has 0 saturated carbocycles. The summed E-state index contributed by atoms with van der Waals surface area (Å²) in [5.41, 5.74) is -0.864. The molecule has 1 fully saturated rings. The average Bonchev–Trinajstić information content (AvgIpc) is 2.13. The Morgan fingerprint density at radius 2 is 2.56 bits per heavy atom. The Bertz CT molecular complexity index is 132. The Morgan fingerprint density at radius 1 is 1.89 bits per heavy atom. The number of esters is 1. The van der Waals surface area contributed by atoms with Crippen molar-refractivity contribution in [1.82, 2.24) is 0 Å². The van der Waals surface area contributed by atoms with Crippen LogP contribution in [0.4, 0.5) is 0 Å². The lowest BCUT2D eigenvalue weighted by atomic mass is 10.0. The summed E-state index contributed by atoms with van der Waals surface area (Å²) in [5, 5.41) is 9.32. The molecular formula is C6H10O3. The first-order valence-electron chi connectivity index (χ1n) is 3.04. The molecule has 0 amide bonds. The zero-order valence-electron chi connectivity index (χ0n) is 5.39. The van der Waals surface area contributed by atoms with Crippen LogP contribution in [0.5, 0.6) is 0 Å². The van der Waals surface area contributed by atoms with Gasteiger partial charge < -0.3 is 9.84 Å². The Hall–Kier alpha value is -0.570. The molecule has 1 atom stereocenters. The van der Waals surface area contributed by atoms with Crippen LogP contribution in [0.25, 0.3) is 0 Å². The zero-order chi connectivity index (χ0) is 6.91. The lowest BCUT2D eigenvalue weighted by Crippen LogP contribution is -2.27. The van der Waals surface area contributed by atoms with Gasteiger partial charge in [0.15, 0.2) is 0 Å². The molecule has 3 heteroatoms. The average molecular weight is 130 g/mol. The van der Waals surface area contributed by atoms with Crippen LogP contribution in [0.3, 0.4) is 0 Å². The van der Waals surface area contributed by atoms with E-state index < -0.39 is 5.60 Å². The van der Waals surface area contributed by atoms with Gasteiger partial charge in [-0.05, 0) is 6.42 Å². The number of hydrogen-bond acceptors (Lipinski definition) is 3. The quantitative estimate of drug-likeness (QED) is 0.511. The molecule has 1 unspecified atom stereocenters. The Kier molecular flexibility index (Phi) is 1.45. The van der Waals surface area contributed by atoms with Crippen molar-refractivity contribution in [2.75, 3.05) is 6.61 Å². The topological polar surface area (TPSA) is 46.5 Å². The first-order valence-corrected chi connectivity index (χ1v) is 3.04. The summed E-state index contributed by atoms with van der Waals surface area (Å²) in [6, 6.07) is 0. The maximum Gasteiger partial charge on any atom is 0.308 e. The highest BCUT2D eigenvalue weighted by Crippen LogP contribution is 2.22. The van der Waals surface area contributed by atoms with Gasteiger partial charge in [-0.1, -0.05) is 6.92 Å². The predicted octanol–water partition coefficient (Wildman–Crippen LogP) is 0.0744. The normalized spacial score (nSPS) is 34.7. The monoisotopic (exact) mass is 130 g/mol. The smallest absolute Gasteiger partial charge is 0.308 e. The fourth-order valence-corrected chi connectivity index (χ4v) is 0.813. The summed E-state index contributed by atoms with van der Waals surface area (Å²) in [6.07, 6.45) is 0.738. The third-order valence-corrected chi connectivity index (χ3v) is 1.63. The Labute approximate surface area is 53.6 Å². The van der Waals surface area contributed by atoms with Gasteiger partial charge in [-0.2, -0.15) is 0 Å². The first kappa shape index (κ1) is 6.55. The standard InChI is InChI=1S/C6H10O3/c1-2-6(8)3-5(7)9-4-6/h8H,2-4H2,1H3. The zero-order valence-corrected chi connectivity index (χ0v) is 5.39. The van der Waals surface area contributed by atoms with Gasteiger partial charge in [0.25, 0.3) is 0 Å². The molecule has 0 aliphatic carbocycles. The van der Waals surface area contributed by atoms with Crippen LogP contribution >= 0.6 is 0 Å². The van der Waals surface area contributed by atoms with E-state index in [1.54, 1.807) is 0 Å². The van der Waals surface area contributed by atoms with Gasteiger partial charge in [-0.3, -0.25) is 4.79 Å². The second-order valence-corrected chi connectivity index (χ2v) is 2.42. The van der Waals surface area contributed by atoms with E-state index in [1.807, 2.05) is 6.92 Å². The van der Waals surface area contributed by atoms with Gasteiger partial charge in [0.2, 0.25) is 0 Å². The molecule has 0 aromatic heterocycles. The second-order valence-electron chi connectivity index (χ2n) is 2.42. The summed E-state index contributed by atoms with van der Waals surface area (Å²) in [7, 11) is 0. The third-order valence-electron chi connectivity index (χ3n) is 1.63. The van der Waals surface area contributed by atoms with Gasteiger partial charge >= 0.3 is 5.97 Å². The molecular weight excluding hydrogens is 120 g/mol. The molecule has 3 nitrogen and oxygen atoms in total. The van der Waals surface area contributed by atoms with Crippen molar-refractivity contribution in [2.45, 2.75) is 25.4 Å². The summed E-state index contributed by atoms with van der Waals surface area (Å²) in [6.45, 7) is 2.00. The van der Waals surface area contributed by atoms with Crippen molar-refractivity contribution >= 4 is 5.97 Å². The van der Waals surface area contributed by atoms with E-state index in [1.165, 1.54) is 0 Å². The maximum absolute atomic E-state index is 10.4. The van der Waals surface area contributed by atoms with Gasteiger partial charge in [-0.25, -0.2) is 0 Å². The molecule has 1 heterocycles. The first-order chi connectivity index (χ1) is 4.16. The van der Waals surface area contributed by atoms with Gasteiger partial charge in [0.1, 0.15) is 12.2 Å². The van der Waals surface area contributed by atoms with Crippen molar-refractivity contribution in [3.05, 3.63) is 0 Å². The van der Waals surface area contributed by atoms with Crippen molar-refractivity contribution in [1.29, 1.82) is 0 Å². The lowest BCUT2D eigenvalue weighted by Gasteiger charge is -2.14. The highest BCUT2D eigenvalue weighted by Gasteiger charge is 2.36. The largest absolute Gasteiger partial charge is 0.463 e. The number of carbonyl (C=O) groups is 1. The molecule has 0 aromatic carbocycles. The van der Waals surface area contributed by atoms with Crippen LogP contribution in [0.15, 0.2) is 0 Å². The number of rotatable bonds is 1. The number of hydrogen-bond donors (Lipinski definition) is 1. The summed E-state index contributed by atoms with van der Waals surface area (Å²) in [4.78, 5) is 10.4. The van der Waals surface area contributed by atoms with E-state index in [0.29, 0.717) is 6.42 Å². The minimum Gasteiger partial charge on any atom is -0.463 e. The molecule has 52 valence electrons. The third kappa shape index (κ3) is 1.21. The van der Waals surface area contributed by atoms with Crippen LogP contribution in [0, 0.1) is 0 Å². The van der Waals surface area contributed by atoms with E-state index in [0.717, 1.165) is 0 Å². The molecule has 0 bridgehead atoms. The molecule has 1 aliphatic heterocycles. The Morgan fingerprint density at radius 3 is 2.78 bits per heavy atom. The highest BCUT2D eigenvalue weighted by molar-refractivity contribution is 5.72. The summed E-state index contributed by atoms with van der Waals surface area (Å²) in [5.74, 6) is -0.292. The second kappa shape index (κ2) is 1.99. The van der Waals surface area contributed by atoms with Crippen molar-refractivity contribution in [3.8, 4) is 0 Å². The van der Waals surface area contributed by atoms with Crippen LogP contribution in [0.2, 0.25) is 0 Å². The van der Waals surface area contributed by atoms with Crippen LogP contribution in [0.1, 0.15) is 19.8 Å². The SMILES string of the molecule is CCC1(O)COC(=O)C1. The van der Waals surface area contributed by atoms with Gasteiger partial charge in [-0.15, -0.1) is 0 Å². The van der Waals surface area contributed by atoms with Gasteiger partial charge in [0, 0.05) is 0 Å². The van der Waals surface area contributed by atoms with Crippen LogP contribution in [-0.4, -0.2) is 23.3 Å². The number of ether oxygens (including phenoxy) is 1. The molecule has 0 radical (unpaired) electrons. The fourth-order valence-electron chi connectivity index (χ4n) is 0.813. The summed E-state index contributed by atoms with van der Waals surface area (Å²) >= 11 is 0. The number of aliphatic hydroxyl groups is 1.